The van der Waals surface area contributed by atoms with Crippen LogP contribution in [-0.4, -0.2) is 18.0 Å². The van der Waals surface area contributed by atoms with Crippen LogP contribution in [0.25, 0.3) is 44.8 Å². The molecule has 6 aromatic rings. The molecule has 1 unspecified atom stereocenters. The van der Waals surface area contributed by atoms with Crippen molar-refractivity contribution in [2.75, 3.05) is 0 Å². The van der Waals surface area contributed by atoms with Crippen LogP contribution in [0.2, 0.25) is 19.6 Å². The zero-order valence-electron chi connectivity index (χ0n) is 30.8. The number of hydrogen-bond acceptors (Lipinski definition) is 2. The molecule has 0 N–H and O–H groups in total. The van der Waals surface area contributed by atoms with E-state index in [1.54, 1.807) is 5.56 Å². The van der Waals surface area contributed by atoms with Crippen LogP contribution in [0.15, 0.2) is 122 Å². The fraction of sp³-hybridized carbons (Fsp3) is 0.277. The first-order chi connectivity index (χ1) is 24.1. The van der Waals surface area contributed by atoms with E-state index in [0.717, 1.165) is 28.4 Å². The standard InChI is InChI=1S/C26H20N.C21H28NSi.Ir/c1-26(2)23-11-7-6-10-21(23)22-16-20(12-13-24(22)26)25-17-19(14-15-27-25)18-8-4-3-5-9-18;1-16(17-10-8-9-11-17)19-14-20(18-12-6-5-7-13-18)22-15-21(19)23(2,3)4;/h3-11,13-17H,1-2H3;5-7,12,14-17H,8-11H2,1-4H3;/q2*-1;. The molecule has 1 fully saturated rings. The summed E-state index contributed by atoms with van der Waals surface area (Å²) >= 11 is 0. The first-order valence-corrected chi connectivity index (χ1v) is 21.8. The van der Waals surface area contributed by atoms with Crippen LogP contribution in [0.4, 0.5) is 0 Å². The molecule has 2 heterocycles. The molecule has 2 nitrogen and oxygen atoms in total. The van der Waals surface area contributed by atoms with Gasteiger partial charge in [-0.15, -0.1) is 65.2 Å². The van der Waals surface area contributed by atoms with E-state index in [2.05, 4.69) is 155 Å². The van der Waals surface area contributed by atoms with Gasteiger partial charge in [-0.3, -0.25) is 0 Å². The minimum absolute atomic E-state index is 0. The zero-order chi connectivity index (χ0) is 34.9. The van der Waals surface area contributed by atoms with E-state index in [4.69, 9.17) is 4.98 Å². The number of hydrogen-bond donors (Lipinski definition) is 0. The number of pyridine rings is 2. The Morgan fingerprint density at radius 2 is 1.41 bits per heavy atom. The average molecular weight is 861 g/mol. The monoisotopic (exact) mass is 861 g/mol. The van der Waals surface area contributed by atoms with E-state index >= 15 is 0 Å². The van der Waals surface area contributed by atoms with Crippen molar-refractivity contribution in [1.82, 2.24) is 9.97 Å². The molecule has 1 saturated carbocycles. The van der Waals surface area contributed by atoms with E-state index in [9.17, 15) is 0 Å². The molecule has 1 atom stereocenters. The van der Waals surface area contributed by atoms with Crippen LogP contribution in [0.5, 0.6) is 0 Å². The number of nitrogens with zero attached hydrogens (tertiary/aromatic N) is 2. The Morgan fingerprint density at radius 3 is 2.14 bits per heavy atom. The zero-order valence-corrected chi connectivity index (χ0v) is 34.2. The molecule has 0 amide bonds. The summed E-state index contributed by atoms with van der Waals surface area (Å²) in [5.41, 5.74) is 13.5. The normalized spacial score (nSPS) is 15.2. The van der Waals surface area contributed by atoms with Gasteiger partial charge < -0.3 is 9.97 Å². The van der Waals surface area contributed by atoms with E-state index in [1.165, 1.54) is 64.3 Å². The van der Waals surface area contributed by atoms with Crippen molar-refractivity contribution in [1.29, 1.82) is 0 Å². The molecule has 0 saturated heterocycles. The molecule has 0 bridgehead atoms. The summed E-state index contributed by atoms with van der Waals surface area (Å²) in [5.74, 6) is 1.49. The van der Waals surface area contributed by atoms with Crippen LogP contribution in [0, 0.1) is 18.1 Å². The molecule has 0 spiro atoms. The van der Waals surface area contributed by atoms with Gasteiger partial charge in [0.05, 0.1) is 8.07 Å². The Morgan fingerprint density at radius 1 is 0.706 bits per heavy atom. The summed E-state index contributed by atoms with van der Waals surface area (Å²) in [6.07, 6.45) is 9.64. The van der Waals surface area contributed by atoms with Gasteiger partial charge in [-0.25, -0.2) is 0 Å². The van der Waals surface area contributed by atoms with Gasteiger partial charge in [0.1, 0.15) is 0 Å². The number of aromatic nitrogens is 2. The molecular weight excluding hydrogens is 813 g/mol. The Labute approximate surface area is 320 Å². The second-order valence-electron chi connectivity index (χ2n) is 15.7. The maximum Gasteiger partial charge on any atom is 0.0799 e. The third kappa shape index (κ3) is 7.65. The molecule has 2 aliphatic carbocycles. The molecular formula is C47H48IrN2Si-2. The predicted molar refractivity (Wildman–Crippen MR) is 213 cm³/mol. The fourth-order valence-electron chi connectivity index (χ4n) is 8.06. The molecule has 0 aliphatic heterocycles. The summed E-state index contributed by atoms with van der Waals surface area (Å²) in [4.78, 5) is 9.41. The quantitative estimate of drug-likeness (QED) is 0.123. The Balaban J connectivity index is 0.000000175. The SMILES string of the molecule is CC(c1cc(-c2[c-]cccc2)ncc1[Si](C)(C)C)C1CCCC1.CC1(C)c2c[c-]c(-c3cc(-c4ccccc4)ccn3)cc2-c2ccccc21.[Ir]. The van der Waals surface area contributed by atoms with Gasteiger partial charge in [0.25, 0.3) is 0 Å². The van der Waals surface area contributed by atoms with E-state index < -0.39 is 8.07 Å². The molecule has 4 aromatic carbocycles. The molecule has 4 heteroatoms. The largest absolute Gasteiger partial charge is 0.305 e. The maximum atomic E-state index is 4.79. The molecule has 51 heavy (non-hydrogen) atoms. The van der Waals surface area contributed by atoms with Crippen LogP contribution in [0.3, 0.4) is 0 Å². The van der Waals surface area contributed by atoms with Gasteiger partial charge in [-0.05, 0) is 75.0 Å². The van der Waals surface area contributed by atoms with Crippen molar-refractivity contribution in [3.63, 3.8) is 0 Å². The van der Waals surface area contributed by atoms with Crippen molar-refractivity contribution >= 4 is 13.3 Å². The topological polar surface area (TPSA) is 25.8 Å². The predicted octanol–water partition coefficient (Wildman–Crippen LogP) is 11.9. The minimum Gasteiger partial charge on any atom is -0.305 e. The fourth-order valence-corrected chi connectivity index (χ4v) is 9.68. The van der Waals surface area contributed by atoms with Crippen LogP contribution in [0.1, 0.15) is 69.1 Å². The molecule has 8 rings (SSSR count). The van der Waals surface area contributed by atoms with Gasteiger partial charge in [-0.2, -0.15) is 0 Å². The summed E-state index contributed by atoms with van der Waals surface area (Å²) in [7, 11) is -1.39. The molecule has 2 aromatic heterocycles. The van der Waals surface area contributed by atoms with Gasteiger partial charge in [-0.1, -0.05) is 131 Å². The van der Waals surface area contributed by atoms with E-state index in [1.807, 2.05) is 24.4 Å². The number of fused-ring (bicyclic) bond motifs is 3. The van der Waals surface area contributed by atoms with Crippen molar-refractivity contribution in [2.24, 2.45) is 5.92 Å². The van der Waals surface area contributed by atoms with Crippen molar-refractivity contribution in [2.45, 2.75) is 77.4 Å². The maximum absolute atomic E-state index is 4.79. The van der Waals surface area contributed by atoms with E-state index in [-0.39, 0.29) is 25.5 Å². The Hall–Kier alpha value is -3.95. The Bertz CT molecular complexity index is 2090. The summed E-state index contributed by atoms with van der Waals surface area (Å²) in [6.45, 7) is 14.3. The first kappa shape index (κ1) is 36.8. The van der Waals surface area contributed by atoms with Crippen molar-refractivity contribution in [3.8, 4) is 44.8 Å². The van der Waals surface area contributed by atoms with Crippen molar-refractivity contribution in [3.05, 3.63) is 150 Å². The third-order valence-electron chi connectivity index (χ3n) is 11.0. The van der Waals surface area contributed by atoms with Gasteiger partial charge in [0.15, 0.2) is 0 Å². The Kier molecular flexibility index (Phi) is 11.1. The molecule has 1 radical (unpaired) electrons. The van der Waals surface area contributed by atoms with Gasteiger partial charge in [0.2, 0.25) is 0 Å². The molecule has 261 valence electrons. The van der Waals surface area contributed by atoms with Gasteiger partial charge >= 0.3 is 0 Å². The number of rotatable bonds is 6. The van der Waals surface area contributed by atoms with Crippen molar-refractivity contribution < 1.29 is 20.1 Å². The average Bonchev–Trinajstić information content (AvgIpc) is 3.77. The first-order valence-electron chi connectivity index (χ1n) is 18.3. The smallest absolute Gasteiger partial charge is 0.0799 e. The minimum atomic E-state index is -1.39. The van der Waals surface area contributed by atoms with Gasteiger partial charge in [0, 0.05) is 32.5 Å². The number of benzene rings is 4. The van der Waals surface area contributed by atoms with Crippen LogP contribution >= 0.6 is 0 Å². The third-order valence-corrected chi connectivity index (χ3v) is 13.0. The van der Waals surface area contributed by atoms with E-state index in [0.29, 0.717) is 5.92 Å². The summed E-state index contributed by atoms with van der Waals surface area (Å²) in [6, 6.07) is 45.1. The molecule has 2 aliphatic rings. The second kappa shape index (κ2) is 15.3. The van der Waals surface area contributed by atoms with Crippen LogP contribution in [-0.2, 0) is 25.5 Å². The summed E-state index contributed by atoms with van der Waals surface area (Å²) in [5, 5.41) is 1.54. The summed E-state index contributed by atoms with van der Waals surface area (Å²) < 4.78 is 0. The second-order valence-corrected chi connectivity index (χ2v) is 20.7. The van der Waals surface area contributed by atoms with Crippen LogP contribution < -0.4 is 5.19 Å².